The van der Waals surface area contributed by atoms with Crippen molar-refractivity contribution in [1.29, 1.82) is 0 Å². The Balaban J connectivity index is 1.69. The van der Waals surface area contributed by atoms with Crippen LogP contribution < -0.4 is 10.6 Å². The quantitative estimate of drug-likeness (QED) is 0.602. The summed E-state index contributed by atoms with van der Waals surface area (Å²) in [5.41, 5.74) is -0.447. The molecule has 2 amide bonds. The zero-order valence-electron chi connectivity index (χ0n) is 13.2. The van der Waals surface area contributed by atoms with Gasteiger partial charge in [0.15, 0.2) is 0 Å². The van der Waals surface area contributed by atoms with Crippen molar-refractivity contribution in [3.8, 4) is 0 Å². The van der Waals surface area contributed by atoms with E-state index in [9.17, 15) is 9.90 Å². The lowest BCUT2D eigenvalue weighted by atomic mass is 9.80. The highest BCUT2D eigenvalue weighted by Gasteiger charge is 2.36. The Bertz CT molecular complexity index is 336. The number of carbonyl (C=O) groups excluding carboxylic acids is 1. The van der Waals surface area contributed by atoms with Crippen molar-refractivity contribution >= 4 is 6.03 Å². The summed E-state index contributed by atoms with van der Waals surface area (Å²) in [4.78, 5) is 11.9. The number of nitrogens with one attached hydrogen (secondary N) is 2. The first kappa shape index (κ1) is 16.6. The third-order valence-electron chi connectivity index (χ3n) is 5.13. The van der Waals surface area contributed by atoms with Crippen LogP contribution >= 0.6 is 0 Å². The molecule has 0 aromatic carbocycles. The number of amides is 2. The molecular formula is C16H30N2O3. The van der Waals surface area contributed by atoms with E-state index >= 15 is 0 Å². The number of hydrogen-bond donors (Lipinski definition) is 3. The predicted octanol–water partition coefficient (Wildman–Crippen LogP) is 2.19. The first-order valence-electron chi connectivity index (χ1n) is 8.39. The van der Waals surface area contributed by atoms with E-state index in [0.717, 1.165) is 38.9 Å². The molecule has 2 fully saturated rings. The zero-order valence-corrected chi connectivity index (χ0v) is 13.2. The molecule has 0 saturated heterocycles. The third kappa shape index (κ3) is 4.85. The Kier molecular flexibility index (Phi) is 5.88. The van der Waals surface area contributed by atoms with Crippen LogP contribution in [0.1, 0.15) is 58.3 Å². The van der Waals surface area contributed by atoms with Crippen molar-refractivity contribution in [1.82, 2.24) is 10.6 Å². The van der Waals surface area contributed by atoms with Crippen molar-refractivity contribution in [2.75, 3.05) is 26.3 Å². The van der Waals surface area contributed by atoms with Gasteiger partial charge in [0.05, 0.1) is 5.60 Å². The second-order valence-electron chi connectivity index (χ2n) is 6.77. The molecule has 3 N–H and O–H groups in total. The first-order chi connectivity index (χ1) is 10.1. The van der Waals surface area contributed by atoms with Gasteiger partial charge >= 0.3 is 6.03 Å². The van der Waals surface area contributed by atoms with Gasteiger partial charge in [0, 0.05) is 26.3 Å². The van der Waals surface area contributed by atoms with Gasteiger partial charge in [-0.2, -0.15) is 0 Å². The lowest BCUT2D eigenvalue weighted by Gasteiger charge is -2.36. The Morgan fingerprint density at radius 1 is 1.10 bits per heavy atom. The van der Waals surface area contributed by atoms with Crippen molar-refractivity contribution in [2.45, 2.75) is 63.9 Å². The van der Waals surface area contributed by atoms with Gasteiger partial charge < -0.3 is 20.5 Å². The second kappa shape index (κ2) is 7.45. The Morgan fingerprint density at radius 3 is 2.33 bits per heavy atom. The van der Waals surface area contributed by atoms with Crippen LogP contribution in [0.4, 0.5) is 4.79 Å². The van der Waals surface area contributed by atoms with Crippen molar-refractivity contribution in [2.24, 2.45) is 5.41 Å². The van der Waals surface area contributed by atoms with Gasteiger partial charge in [-0.3, -0.25) is 0 Å². The van der Waals surface area contributed by atoms with Crippen LogP contribution in [0.5, 0.6) is 0 Å². The number of rotatable bonds is 8. The number of carbonyl (C=O) groups is 1. The summed E-state index contributed by atoms with van der Waals surface area (Å²) in [6, 6.07) is -0.155. The molecule has 0 aromatic rings. The zero-order chi connectivity index (χ0) is 15.2. The van der Waals surface area contributed by atoms with Gasteiger partial charge in [-0.25, -0.2) is 4.79 Å². The normalized spacial score (nSPS) is 22.6. The highest BCUT2D eigenvalue weighted by Crippen LogP contribution is 2.40. The second-order valence-corrected chi connectivity index (χ2v) is 6.77. The maximum absolute atomic E-state index is 11.9. The van der Waals surface area contributed by atoms with Gasteiger partial charge in [0.25, 0.3) is 0 Å². The molecule has 0 spiro atoms. The van der Waals surface area contributed by atoms with Crippen molar-refractivity contribution in [3.63, 3.8) is 0 Å². The van der Waals surface area contributed by atoms with E-state index in [-0.39, 0.29) is 11.4 Å². The molecule has 2 saturated carbocycles. The minimum absolute atomic E-state index is 0.155. The molecule has 0 radical (unpaired) electrons. The Labute approximate surface area is 127 Å². The molecule has 5 heteroatoms. The van der Waals surface area contributed by atoms with Crippen LogP contribution in [0.15, 0.2) is 0 Å². The van der Waals surface area contributed by atoms with E-state index in [1.807, 2.05) is 6.92 Å². The maximum atomic E-state index is 11.9. The fourth-order valence-corrected chi connectivity index (χ4v) is 3.41. The minimum Gasteiger partial charge on any atom is -0.388 e. The molecule has 21 heavy (non-hydrogen) atoms. The molecule has 2 aliphatic carbocycles. The topological polar surface area (TPSA) is 70.6 Å². The highest BCUT2D eigenvalue weighted by atomic mass is 16.5. The summed E-state index contributed by atoms with van der Waals surface area (Å²) >= 11 is 0. The van der Waals surface area contributed by atoms with Gasteiger partial charge in [-0.15, -0.1) is 0 Å². The van der Waals surface area contributed by atoms with Crippen molar-refractivity contribution in [3.05, 3.63) is 0 Å². The molecule has 122 valence electrons. The summed E-state index contributed by atoms with van der Waals surface area (Å²) < 4.78 is 5.48. The van der Waals surface area contributed by atoms with Gasteiger partial charge in [0.1, 0.15) is 0 Å². The van der Waals surface area contributed by atoms with Gasteiger partial charge in [0.2, 0.25) is 0 Å². The van der Waals surface area contributed by atoms with E-state index in [1.165, 1.54) is 25.7 Å². The lowest BCUT2D eigenvalue weighted by molar-refractivity contribution is -0.0290. The molecule has 0 bridgehead atoms. The number of ether oxygens (including phenoxy) is 1. The van der Waals surface area contributed by atoms with Crippen molar-refractivity contribution < 1.29 is 14.6 Å². The monoisotopic (exact) mass is 298 g/mol. The van der Waals surface area contributed by atoms with E-state index in [2.05, 4.69) is 10.6 Å². The summed E-state index contributed by atoms with van der Waals surface area (Å²) in [6.45, 7) is 4.62. The van der Waals surface area contributed by atoms with Crippen LogP contribution in [-0.2, 0) is 4.74 Å². The van der Waals surface area contributed by atoms with Crippen LogP contribution in [0.3, 0.4) is 0 Å². The van der Waals surface area contributed by atoms with E-state index in [1.54, 1.807) is 0 Å². The molecule has 2 rings (SSSR count). The Hall–Kier alpha value is -0.810. The standard InChI is InChI=1S/C16H30N2O3/c1-2-21-11-10-15(6-3-4-7-15)12-17-14(19)18-13-16(20)8-5-9-16/h20H,2-13H2,1H3,(H2,17,18,19). The molecule has 0 aromatic heterocycles. The van der Waals surface area contributed by atoms with Gasteiger partial charge in [-0.05, 0) is 50.9 Å². The maximum Gasteiger partial charge on any atom is 0.314 e. The summed E-state index contributed by atoms with van der Waals surface area (Å²) in [7, 11) is 0. The molecule has 0 atom stereocenters. The Morgan fingerprint density at radius 2 is 1.76 bits per heavy atom. The highest BCUT2D eigenvalue weighted by molar-refractivity contribution is 5.74. The minimum atomic E-state index is -0.655. The van der Waals surface area contributed by atoms with Gasteiger partial charge in [-0.1, -0.05) is 12.8 Å². The van der Waals surface area contributed by atoms with Crippen LogP contribution in [0, 0.1) is 5.41 Å². The number of aliphatic hydroxyl groups is 1. The molecule has 2 aliphatic rings. The van der Waals surface area contributed by atoms with Crippen LogP contribution in [0.2, 0.25) is 0 Å². The summed E-state index contributed by atoms with van der Waals surface area (Å²) in [6.07, 6.45) is 8.50. The number of urea groups is 1. The molecule has 0 heterocycles. The van der Waals surface area contributed by atoms with Crippen LogP contribution in [0.25, 0.3) is 0 Å². The fourth-order valence-electron chi connectivity index (χ4n) is 3.41. The van der Waals surface area contributed by atoms with E-state index in [0.29, 0.717) is 13.1 Å². The lowest BCUT2D eigenvalue weighted by Crippen LogP contribution is -2.51. The molecule has 0 unspecified atom stereocenters. The average Bonchev–Trinajstić information content (AvgIpc) is 2.90. The number of hydrogen-bond acceptors (Lipinski definition) is 3. The predicted molar refractivity (Wildman–Crippen MR) is 82.2 cm³/mol. The molecular weight excluding hydrogens is 268 g/mol. The third-order valence-corrected chi connectivity index (χ3v) is 5.13. The van der Waals surface area contributed by atoms with Crippen LogP contribution in [-0.4, -0.2) is 43.0 Å². The first-order valence-corrected chi connectivity index (χ1v) is 8.39. The van der Waals surface area contributed by atoms with E-state index in [4.69, 9.17) is 4.74 Å². The van der Waals surface area contributed by atoms with E-state index < -0.39 is 5.60 Å². The molecule has 5 nitrogen and oxygen atoms in total. The largest absolute Gasteiger partial charge is 0.388 e. The summed E-state index contributed by atoms with van der Waals surface area (Å²) in [5, 5.41) is 15.8. The smallest absolute Gasteiger partial charge is 0.314 e. The SMILES string of the molecule is CCOCCC1(CNC(=O)NCC2(O)CCC2)CCCC1. The average molecular weight is 298 g/mol. The fraction of sp³-hybridized carbons (Fsp3) is 0.938. The molecule has 0 aliphatic heterocycles. The summed E-state index contributed by atoms with van der Waals surface area (Å²) in [5.74, 6) is 0.